The largest absolute Gasteiger partial charge is 0.507 e. The van der Waals surface area contributed by atoms with Crippen molar-refractivity contribution in [2.45, 2.75) is 32.4 Å². The molecule has 1 aromatic heterocycles. The molecule has 9 nitrogen and oxygen atoms in total. The zero-order valence-electron chi connectivity index (χ0n) is 16.3. The molecule has 2 heterocycles. The Balaban J connectivity index is 1.71. The van der Waals surface area contributed by atoms with Crippen LogP contribution >= 0.6 is 0 Å². The van der Waals surface area contributed by atoms with Crippen LogP contribution in [0.1, 0.15) is 25.8 Å². The van der Waals surface area contributed by atoms with Gasteiger partial charge in [0.05, 0.1) is 18.1 Å². The molecule has 28 heavy (non-hydrogen) atoms. The zero-order chi connectivity index (χ0) is 20.1. The van der Waals surface area contributed by atoms with Gasteiger partial charge in [-0.1, -0.05) is 19.9 Å². The number of nitrogens with zero attached hydrogens (tertiary/aromatic N) is 5. The number of phenolic OH excluding ortho intramolecular Hbond substituents is 1. The van der Waals surface area contributed by atoms with Gasteiger partial charge in [0.15, 0.2) is 0 Å². The third-order valence-electron chi connectivity index (χ3n) is 4.50. The van der Waals surface area contributed by atoms with Gasteiger partial charge in [0.25, 0.3) is 0 Å². The zero-order valence-corrected chi connectivity index (χ0v) is 16.3. The maximum absolute atomic E-state index is 10.3. The van der Waals surface area contributed by atoms with E-state index in [4.69, 9.17) is 5.41 Å². The SMILES string of the molecule is CN/N=C\C(=N)c1ccc(-c2cnc(N3CCC(NC(C)C)C3)nn2)c(O)c1. The standard InChI is InChI=1S/C19H26N8O/c1-12(2)24-14-6-7-27(11-14)19-22-10-17(25-26-19)15-5-4-13(8-18(15)28)16(20)9-23-21-3/h4-5,8-10,12,14,20-21,24,28H,6-7,11H2,1-3H3/b20-16?,23-9-. The van der Waals surface area contributed by atoms with E-state index in [1.165, 1.54) is 12.3 Å². The summed E-state index contributed by atoms with van der Waals surface area (Å²) in [6.07, 6.45) is 4.05. The average Bonchev–Trinajstić information content (AvgIpc) is 3.14. The van der Waals surface area contributed by atoms with E-state index < -0.39 is 0 Å². The molecule has 1 saturated heterocycles. The molecule has 148 valence electrons. The molecule has 1 aliphatic heterocycles. The quantitative estimate of drug-likeness (QED) is 0.422. The fourth-order valence-corrected chi connectivity index (χ4v) is 3.21. The predicted molar refractivity (Wildman–Crippen MR) is 110 cm³/mol. The lowest BCUT2D eigenvalue weighted by atomic mass is 10.1. The summed E-state index contributed by atoms with van der Waals surface area (Å²) in [5.74, 6) is 0.615. The Morgan fingerprint density at radius 2 is 2.21 bits per heavy atom. The van der Waals surface area contributed by atoms with E-state index in [9.17, 15) is 5.11 Å². The highest BCUT2D eigenvalue weighted by atomic mass is 16.3. The molecule has 1 atom stereocenters. The van der Waals surface area contributed by atoms with Crippen LogP contribution in [0.3, 0.4) is 0 Å². The number of anilines is 1. The fraction of sp³-hybridized carbons (Fsp3) is 0.421. The topological polar surface area (TPSA) is 122 Å². The van der Waals surface area contributed by atoms with Gasteiger partial charge in [0.2, 0.25) is 5.95 Å². The van der Waals surface area contributed by atoms with Crippen molar-refractivity contribution in [3.63, 3.8) is 0 Å². The molecule has 1 aromatic carbocycles. The number of aromatic hydroxyl groups is 1. The van der Waals surface area contributed by atoms with Gasteiger partial charge in [-0.15, -0.1) is 10.2 Å². The first-order valence-corrected chi connectivity index (χ1v) is 9.30. The first-order chi connectivity index (χ1) is 13.5. The number of hydrazone groups is 1. The molecule has 2 aromatic rings. The Bertz CT molecular complexity index is 850. The Morgan fingerprint density at radius 1 is 1.39 bits per heavy atom. The van der Waals surface area contributed by atoms with Gasteiger partial charge < -0.3 is 20.7 Å². The summed E-state index contributed by atoms with van der Waals surface area (Å²) in [7, 11) is 1.66. The van der Waals surface area contributed by atoms with E-state index >= 15 is 0 Å². The van der Waals surface area contributed by atoms with Gasteiger partial charge in [-0.05, 0) is 18.6 Å². The lowest BCUT2D eigenvalue weighted by Gasteiger charge is -2.18. The fourth-order valence-electron chi connectivity index (χ4n) is 3.21. The van der Waals surface area contributed by atoms with Crippen LogP contribution in [-0.2, 0) is 0 Å². The maximum Gasteiger partial charge on any atom is 0.245 e. The number of rotatable bonds is 7. The summed E-state index contributed by atoms with van der Waals surface area (Å²) >= 11 is 0. The van der Waals surface area contributed by atoms with E-state index in [0.717, 1.165) is 19.5 Å². The first-order valence-electron chi connectivity index (χ1n) is 9.30. The molecule has 4 N–H and O–H groups in total. The number of nitrogens with one attached hydrogen (secondary N) is 3. The Kier molecular flexibility index (Phi) is 6.15. The van der Waals surface area contributed by atoms with Crippen molar-refractivity contribution in [3.8, 4) is 17.0 Å². The first kappa shape index (κ1) is 19.7. The van der Waals surface area contributed by atoms with Crippen LogP contribution in [0.5, 0.6) is 5.75 Å². The van der Waals surface area contributed by atoms with E-state index in [1.807, 2.05) is 0 Å². The highest BCUT2D eigenvalue weighted by Crippen LogP contribution is 2.28. The molecular weight excluding hydrogens is 356 g/mol. The molecule has 1 fully saturated rings. The lowest BCUT2D eigenvalue weighted by Crippen LogP contribution is -2.37. The molecule has 9 heteroatoms. The molecular formula is C19H26N8O. The molecule has 0 aliphatic carbocycles. The number of phenols is 1. The van der Waals surface area contributed by atoms with Crippen LogP contribution in [0.15, 0.2) is 29.5 Å². The smallest absolute Gasteiger partial charge is 0.245 e. The highest BCUT2D eigenvalue weighted by molar-refractivity contribution is 6.36. The minimum atomic E-state index is 0.0197. The summed E-state index contributed by atoms with van der Waals surface area (Å²) in [4.78, 5) is 6.54. The van der Waals surface area contributed by atoms with Gasteiger partial charge in [-0.3, -0.25) is 5.41 Å². The van der Waals surface area contributed by atoms with Gasteiger partial charge in [-0.2, -0.15) is 5.10 Å². The summed E-state index contributed by atoms with van der Waals surface area (Å²) in [6.45, 7) is 6.03. The van der Waals surface area contributed by atoms with Crippen molar-refractivity contribution in [2.24, 2.45) is 5.10 Å². The van der Waals surface area contributed by atoms with Gasteiger partial charge in [0.1, 0.15) is 11.4 Å². The van der Waals surface area contributed by atoms with Crippen molar-refractivity contribution in [1.82, 2.24) is 25.9 Å². The molecule has 3 rings (SSSR count). The van der Waals surface area contributed by atoms with E-state index in [1.54, 1.807) is 25.4 Å². The second-order valence-corrected chi connectivity index (χ2v) is 7.02. The maximum atomic E-state index is 10.3. The normalized spacial score (nSPS) is 16.9. The van der Waals surface area contributed by atoms with Crippen LogP contribution in [0.4, 0.5) is 5.95 Å². The molecule has 0 spiro atoms. The number of hydrogen-bond donors (Lipinski definition) is 4. The van der Waals surface area contributed by atoms with E-state index in [-0.39, 0.29) is 11.5 Å². The summed E-state index contributed by atoms with van der Waals surface area (Å²) in [5, 5.41) is 34.1. The van der Waals surface area contributed by atoms with Crippen molar-refractivity contribution in [1.29, 1.82) is 5.41 Å². The lowest BCUT2D eigenvalue weighted by molar-refractivity contribution is 0.477. The highest BCUT2D eigenvalue weighted by Gasteiger charge is 2.25. The van der Waals surface area contributed by atoms with Gasteiger partial charge in [0, 0.05) is 43.3 Å². The number of hydrogen-bond acceptors (Lipinski definition) is 9. The summed E-state index contributed by atoms with van der Waals surface area (Å²) < 4.78 is 0. The molecule has 1 aliphatic rings. The van der Waals surface area contributed by atoms with Crippen molar-refractivity contribution in [3.05, 3.63) is 30.0 Å². The van der Waals surface area contributed by atoms with Crippen LogP contribution in [0.25, 0.3) is 11.3 Å². The van der Waals surface area contributed by atoms with E-state index in [0.29, 0.717) is 34.9 Å². The van der Waals surface area contributed by atoms with Gasteiger partial charge >= 0.3 is 0 Å². The van der Waals surface area contributed by atoms with Crippen molar-refractivity contribution >= 4 is 17.9 Å². The number of aromatic nitrogens is 3. The van der Waals surface area contributed by atoms with Crippen LogP contribution in [0.2, 0.25) is 0 Å². The predicted octanol–water partition coefficient (Wildman–Crippen LogP) is 1.39. The molecule has 0 saturated carbocycles. The second-order valence-electron chi connectivity index (χ2n) is 7.02. The molecule has 0 bridgehead atoms. The minimum absolute atomic E-state index is 0.0197. The number of benzene rings is 1. The monoisotopic (exact) mass is 382 g/mol. The van der Waals surface area contributed by atoms with E-state index in [2.05, 4.69) is 49.8 Å². The van der Waals surface area contributed by atoms with Crippen LogP contribution in [0, 0.1) is 5.41 Å². The van der Waals surface area contributed by atoms with Crippen LogP contribution < -0.4 is 15.6 Å². The third kappa shape index (κ3) is 4.61. The van der Waals surface area contributed by atoms with Crippen molar-refractivity contribution < 1.29 is 5.11 Å². The van der Waals surface area contributed by atoms with Crippen LogP contribution in [-0.4, -0.2) is 64.4 Å². The molecule has 0 radical (unpaired) electrons. The summed E-state index contributed by atoms with van der Waals surface area (Å²) in [5.41, 5.74) is 4.34. The Labute approximate surface area is 164 Å². The average molecular weight is 382 g/mol. The van der Waals surface area contributed by atoms with Gasteiger partial charge in [-0.25, -0.2) is 4.98 Å². The third-order valence-corrected chi connectivity index (χ3v) is 4.50. The molecule has 0 amide bonds. The minimum Gasteiger partial charge on any atom is -0.507 e. The Hall–Kier alpha value is -3.07. The van der Waals surface area contributed by atoms with Crippen molar-refractivity contribution in [2.75, 3.05) is 25.0 Å². The Morgan fingerprint density at radius 3 is 2.86 bits per heavy atom. The second kappa shape index (κ2) is 8.75. The molecule has 1 unspecified atom stereocenters. The summed E-state index contributed by atoms with van der Waals surface area (Å²) in [6, 6.07) is 5.83.